The molecule has 0 saturated heterocycles. The molecule has 24 heavy (non-hydrogen) atoms. The zero-order valence-electron chi connectivity index (χ0n) is 13.2. The lowest BCUT2D eigenvalue weighted by molar-refractivity contribution is -0.139. The number of imide groups is 1. The molecule has 0 spiro atoms. The third-order valence-electron chi connectivity index (χ3n) is 3.44. The van der Waals surface area contributed by atoms with Crippen LogP contribution in [0.25, 0.3) is 6.08 Å². The van der Waals surface area contributed by atoms with Gasteiger partial charge in [0.05, 0.1) is 14.2 Å². The first kappa shape index (κ1) is 17.7. The van der Waals surface area contributed by atoms with Crippen molar-refractivity contribution >= 4 is 35.5 Å². The Kier molecular flexibility index (Phi) is 5.76. The summed E-state index contributed by atoms with van der Waals surface area (Å²) in [7, 11) is 2.72. The molecule has 0 aromatic heterocycles. The highest BCUT2D eigenvalue weighted by molar-refractivity contribution is 6.43. The minimum Gasteiger partial charge on any atom is -0.496 e. The Morgan fingerprint density at radius 3 is 2.71 bits per heavy atom. The number of methoxy groups -OCH3 is 2. The molecule has 1 aromatic carbocycles. The number of nitrogens with zero attached hydrogens (tertiary/aromatic N) is 1. The van der Waals surface area contributed by atoms with Gasteiger partial charge in [-0.25, -0.2) is 4.79 Å². The Balaban J connectivity index is 2.20. The van der Waals surface area contributed by atoms with E-state index in [1.54, 1.807) is 24.3 Å². The average molecular weight is 350 g/mol. The normalized spacial score (nSPS) is 14.5. The number of rotatable bonds is 4. The van der Waals surface area contributed by atoms with Gasteiger partial charge in [-0.3, -0.25) is 14.5 Å². The SMILES string of the molecule is COC(=O)c1cc(/C=C/C(=O)N2CCC=C(Cl)C2=O)ccc1OC. The van der Waals surface area contributed by atoms with Crippen molar-refractivity contribution in [3.8, 4) is 5.75 Å². The summed E-state index contributed by atoms with van der Waals surface area (Å²) < 4.78 is 9.80. The number of benzene rings is 1. The Labute approximate surface area is 144 Å². The molecule has 0 fully saturated rings. The summed E-state index contributed by atoms with van der Waals surface area (Å²) in [6.45, 7) is 0.286. The molecule has 7 heteroatoms. The van der Waals surface area contributed by atoms with Crippen molar-refractivity contribution in [3.05, 3.63) is 46.5 Å². The van der Waals surface area contributed by atoms with Gasteiger partial charge in [-0.05, 0) is 30.2 Å². The van der Waals surface area contributed by atoms with Crippen LogP contribution in [0.1, 0.15) is 22.3 Å². The van der Waals surface area contributed by atoms with Gasteiger partial charge >= 0.3 is 5.97 Å². The van der Waals surface area contributed by atoms with Gasteiger partial charge < -0.3 is 9.47 Å². The van der Waals surface area contributed by atoms with Crippen molar-refractivity contribution in [1.29, 1.82) is 0 Å². The minimum absolute atomic E-state index is 0.0421. The topological polar surface area (TPSA) is 72.9 Å². The molecular weight excluding hydrogens is 334 g/mol. The number of halogens is 1. The van der Waals surface area contributed by atoms with E-state index >= 15 is 0 Å². The Bertz CT molecular complexity index is 738. The maximum absolute atomic E-state index is 12.1. The number of carbonyl (C=O) groups is 3. The second-order valence-electron chi connectivity index (χ2n) is 4.92. The van der Waals surface area contributed by atoms with Crippen LogP contribution >= 0.6 is 11.6 Å². The number of amides is 2. The predicted octanol–water partition coefficient (Wildman–Crippen LogP) is 2.38. The lowest BCUT2D eigenvalue weighted by Crippen LogP contribution is -2.38. The Hall–Kier alpha value is -2.60. The monoisotopic (exact) mass is 349 g/mol. The summed E-state index contributed by atoms with van der Waals surface area (Å²) in [5.74, 6) is -1.16. The summed E-state index contributed by atoms with van der Waals surface area (Å²) in [5, 5.41) is 0.0421. The predicted molar refractivity (Wildman–Crippen MR) is 88.6 cm³/mol. The molecule has 0 atom stereocenters. The highest BCUT2D eigenvalue weighted by Crippen LogP contribution is 2.22. The molecule has 1 aliphatic heterocycles. The second-order valence-corrected chi connectivity index (χ2v) is 5.33. The van der Waals surface area contributed by atoms with E-state index in [2.05, 4.69) is 0 Å². The van der Waals surface area contributed by atoms with E-state index < -0.39 is 17.8 Å². The van der Waals surface area contributed by atoms with E-state index in [1.165, 1.54) is 26.4 Å². The van der Waals surface area contributed by atoms with Gasteiger partial charge in [0.25, 0.3) is 11.8 Å². The summed E-state index contributed by atoms with van der Waals surface area (Å²) in [6, 6.07) is 4.82. The average Bonchev–Trinajstić information content (AvgIpc) is 2.61. The van der Waals surface area contributed by atoms with Crippen molar-refractivity contribution in [3.63, 3.8) is 0 Å². The molecule has 1 heterocycles. The number of esters is 1. The molecule has 0 bridgehead atoms. The van der Waals surface area contributed by atoms with Crippen molar-refractivity contribution in [2.75, 3.05) is 20.8 Å². The molecule has 0 N–H and O–H groups in total. The zero-order valence-corrected chi connectivity index (χ0v) is 14.0. The van der Waals surface area contributed by atoms with E-state index in [4.69, 9.17) is 21.1 Å². The van der Waals surface area contributed by atoms with Gasteiger partial charge in [-0.1, -0.05) is 23.7 Å². The molecular formula is C17H16ClNO5. The van der Waals surface area contributed by atoms with Crippen molar-refractivity contribution in [1.82, 2.24) is 4.90 Å². The van der Waals surface area contributed by atoms with E-state index in [0.717, 1.165) is 4.90 Å². The maximum Gasteiger partial charge on any atom is 0.341 e. The summed E-state index contributed by atoms with van der Waals surface area (Å²) >= 11 is 5.76. The minimum atomic E-state index is -0.545. The largest absolute Gasteiger partial charge is 0.496 e. The van der Waals surface area contributed by atoms with E-state index in [1.807, 2.05) is 0 Å². The van der Waals surface area contributed by atoms with Crippen LogP contribution < -0.4 is 4.74 Å². The third kappa shape index (κ3) is 3.83. The van der Waals surface area contributed by atoms with E-state index in [9.17, 15) is 14.4 Å². The molecule has 0 saturated carbocycles. The van der Waals surface area contributed by atoms with Gasteiger partial charge in [0, 0.05) is 12.6 Å². The Morgan fingerprint density at radius 1 is 1.29 bits per heavy atom. The molecule has 0 aliphatic carbocycles. The molecule has 1 aromatic rings. The third-order valence-corrected chi connectivity index (χ3v) is 3.75. The number of hydrogen-bond acceptors (Lipinski definition) is 5. The van der Waals surface area contributed by atoms with Crippen LogP contribution in [0.4, 0.5) is 0 Å². The van der Waals surface area contributed by atoms with Crippen molar-refractivity contribution in [2.45, 2.75) is 6.42 Å². The van der Waals surface area contributed by atoms with Crippen LogP contribution in [0.3, 0.4) is 0 Å². The van der Waals surface area contributed by atoms with E-state index in [0.29, 0.717) is 17.7 Å². The number of hydrogen-bond donors (Lipinski definition) is 0. The van der Waals surface area contributed by atoms with Crippen molar-refractivity contribution < 1.29 is 23.9 Å². The van der Waals surface area contributed by atoms with E-state index in [-0.39, 0.29) is 17.1 Å². The standard InChI is InChI=1S/C17H16ClNO5/c1-23-14-7-5-11(10-12(14)17(22)24-2)6-8-15(20)19-9-3-4-13(18)16(19)21/h4-8,10H,3,9H2,1-2H3/b8-6+. The number of ether oxygens (including phenoxy) is 2. The van der Waals surface area contributed by atoms with Crippen LogP contribution in [-0.2, 0) is 14.3 Å². The van der Waals surface area contributed by atoms with Crippen LogP contribution in [0.5, 0.6) is 5.75 Å². The zero-order chi connectivity index (χ0) is 17.7. The summed E-state index contributed by atoms with van der Waals surface area (Å²) in [5.41, 5.74) is 0.838. The van der Waals surface area contributed by atoms with Crippen LogP contribution in [0.2, 0.25) is 0 Å². The second kappa shape index (κ2) is 7.79. The molecule has 2 rings (SSSR count). The highest BCUT2D eigenvalue weighted by atomic mass is 35.5. The number of carbonyl (C=O) groups excluding carboxylic acids is 3. The highest BCUT2D eigenvalue weighted by Gasteiger charge is 2.24. The summed E-state index contributed by atoms with van der Waals surface area (Å²) in [6.07, 6.45) is 4.88. The molecule has 6 nitrogen and oxygen atoms in total. The molecule has 1 aliphatic rings. The van der Waals surface area contributed by atoms with Crippen LogP contribution in [-0.4, -0.2) is 43.4 Å². The quantitative estimate of drug-likeness (QED) is 0.616. The fourth-order valence-corrected chi connectivity index (χ4v) is 2.42. The van der Waals surface area contributed by atoms with Gasteiger partial charge in [0.2, 0.25) is 0 Å². The smallest absolute Gasteiger partial charge is 0.341 e. The first-order valence-electron chi connectivity index (χ1n) is 7.14. The first-order valence-corrected chi connectivity index (χ1v) is 7.51. The van der Waals surface area contributed by atoms with Crippen LogP contribution in [0, 0.1) is 0 Å². The van der Waals surface area contributed by atoms with Crippen molar-refractivity contribution in [2.24, 2.45) is 0 Å². The molecule has 2 amide bonds. The van der Waals surface area contributed by atoms with Gasteiger partial charge in [-0.15, -0.1) is 0 Å². The van der Waals surface area contributed by atoms with Gasteiger partial charge in [-0.2, -0.15) is 0 Å². The Morgan fingerprint density at radius 2 is 2.04 bits per heavy atom. The fourth-order valence-electron chi connectivity index (χ4n) is 2.20. The first-order chi connectivity index (χ1) is 11.5. The van der Waals surface area contributed by atoms with Gasteiger partial charge in [0.1, 0.15) is 16.3 Å². The molecule has 0 unspecified atom stereocenters. The van der Waals surface area contributed by atoms with Crippen LogP contribution in [0.15, 0.2) is 35.4 Å². The lowest BCUT2D eigenvalue weighted by atomic mass is 10.1. The van der Waals surface area contributed by atoms with Gasteiger partial charge in [0.15, 0.2) is 0 Å². The summed E-state index contributed by atoms with van der Waals surface area (Å²) in [4.78, 5) is 36.8. The lowest BCUT2D eigenvalue weighted by Gasteiger charge is -2.21. The maximum atomic E-state index is 12.1. The molecule has 126 valence electrons. The molecule has 0 radical (unpaired) electrons. The fraction of sp³-hybridized carbons (Fsp3) is 0.235.